The monoisotopic (exact) mass is 363 g/mol. The van der Waals surface area contributed by atoms with Crippen LogP contribution in [0.25, 0.3) is 0 Å². The molecule has 0 radical (unpaired) electrons. The lowest BCUT2D eigenvalue weighted by Crippen LogP contribution is -2.41. The molecule has 2 amide bonds. The predicted molar refractivity (Wildman–Crippen MR) is 82.2 cm³/mol. The van der Waals surface area contributed by atoms with Crippen LogP contribution in [0.15, 0.2) is 53.0 Å². The van der Waals surface area contributed by atoms with Crippen molar-refractivity contribution in [2.24, 2.45) is 0 Å². The van der Waals surface area contributed by atoms with Crippen LogP contribution >= 0.6 is 15.9 Å². The minimum Gasteiger partial charge on any atom is -0.267 e. The smallest absolute Gasteiger partial charge is 0.267 e. The summed E-state index contributed by atoms with van der Waals surface area (Å²) in [5, 5.41) is 10.9. The first-order valence-electron chi connectivity index (χ1n) is 6.08. The van der Waals surface area contributed by atoms with Crippen molar-refractivity contribution in [1.82, 2.24) is 10.9 Å². The number of benzene rings is 2. The van der Waals surface area contributed by atoms with E-state index in [1.54, 1.807) is 24.3 Å². The second-order valence-corrected chi connectivity index (χ2v) is 5.11. The molecule has 0 aromatic heterocycles. The molecule has 0 heterocycles. The van der Waals surface area contributed by atoms with Gasteiger partial charge in [0.1, 0.15) is 5.56 Å². The molecular formula is C14H10BrN3O4. The average molecular weight is 364 g/mol. The van der Waals surface area contributed by atoms with E-state index in [9.17, 15) is 19.7 Å². The van der Waals surface area contributed by atoms with Crippen LogP contribution in [0.3, 0.4) is 0 Å². The van der Waals surface area contributed by atoms with Crippen LogP contribution in [0.4, 0.5) is 5.69 Å². The Morgan fingerprint density at radius 2 is 1.55 bits per heavy atom. The van der Waals surface area contributed by atoms with E-state index in [0.29, 0.717) is 5.56 Å². The molecular weight excluding hydrogens is 354 g/mol. The topological polar surface area (TPSA) is 101 Å². The highest BCUT2D eigenvalue weighted by atomic mass is 79.9. The summed E-state index contributed by atoms with van der Waals surface area (Å²) in [7, 11) is 0. The Kier molecular flexibility index (Phi) is 4.84. The third-order valence-corrected chi connectivity index (χ3v) is 3.27. The van der Waals surface area contributed by atoms with Crippen molar-refractivity contribution < 1.29 is 14.5 Å². The zero-order chi connectivity index (χ0) is 16.1. The number of nitrogens with zero attached hydrogens (tertiary/aromatic N) is 1. The Bertz CT molecular complexity index is 731. The van der Waals surface area contributed by atoms with Gasteiger partial charge in [-0.3, -0.25) is 30.6 Å². The summed E-state index contributed by atoms with van der Waals surface area (Å²) in [5.74, 6) is -1.29. The van der Waals surface area contributed by atoms with Gasteiger partial charge in [0.15, 0.2) is 0 Å². The average Bonchev–Trinajstić information content (AvgIpc) is 2.53. The number of hydrazine groups is 1. The third kappa shape index (κ3) is 3.67. The fourth-order valence-corrected chi connectivity index (χ4v) is 1.94. The van der Waals surface area contributed by atoms with Crippen LogP contribution in [0, 0.1) is 10.1 Å². The van der Waals surface area contributed by atoms with Crippen molar-refractivity contribution in [1.29, 1.82) is 0 Å². The zero-order valence-electron chi connectivity index (χ0n) is 11.1. The van der Waals surface area contributed by atoms with E-state index in [1.807, 2.05) is 0 Å². The van der Waals surface area contributed by atoms with Gasteiger partial charge in [-0.05, 0) is 30.3 Å². The Balaban J connectivity index is 2.06. The van der Waals surface area contributed by atoms with E-state index < -0.39 is 16.7 Å². The van der Waals surface area contributed by atoms with E-state index in [2.05, 4.69) is 26.8 Å². The molecule has 0 atom stereocenters. The highest BCUT2D eigenvalue weighted by Crippen LogP contribution is 2.17. The number of nitro groups is 1. The summed E-state index contributed by atoms with van der Waals surface area (Å²) < 4.78 is 0.813. The van der Waals surface area contributed by atoms with Gasteiger partial charge in [0.05, 0.1) is 4.92 Å². The van der Waals surface area contributed by atoms with E-state index in [4.69, 9.17) is 0 Å². The van der Waals surface area contributed by atoms with Crippen molar-refractivity contribution >= 4 is 33.4 Å². The number of hydrogen-bond acceptors (Lipinski definition) is 4. The molecule has 2 aromatic rings. The highest BCUT2D eigenvalue weighted by Gasteiger charge is 2.19. The van der Waals surface area contributed by atoms with Gasteiger partial charge in [0, 0.05) is 16.1 Å². The van der Waals surface area contributed by atoms with Crippen LogP contribution in [-0.2, 0) is 0 Å². The number of nitro benzene ring substituents is 1. The SMILES string of the molecule is O=C(NNC(=O)c1ccccc1[N+](=O)[O-])c1ccc(Br)cc1. The second kappa shape index (κ2) is 6.81. The maximum atomic E-state index is 11.9. The molecule has 0 fully saturated rings. The lowest BCUT2D eigenvalue weighted by molar-refractivity contribution is -0.385. The molecule has 7 nitrogen and oxygen atoms in total. The van der Waals surface area contributed by atoms with E-state index >= 15 is 0 Å². The zero-order valence-corrected chi connectivity index (χ0v) is 12.7. The molecule has 0 unspecified atom stereocenters. The largest absolute Gasteiger partial charge is 0.282 e. The van der Waals surface area contributed by atoms with Gasteiger partial charge < -0.3 is 0 Å². The summed E-state index contributed by atoms with van der Waals surface area (Å²) in [5.41, 5.74) is 4.23. The molecule has 2 aromatic carbocycles. The number of amides is 2. The van der Waals surface area contributed by atoms with Crippen molar-refractivity contribution in [3.63, 3.8) is 0 Å². The van der Waals surface area contributed by atoms with Gasteiger partial charge in [-0.25, -0.2) is 0 Å². The molecule has 8 heteroatoms. The number of rotatable bonds is 3. The molecule has 0 saturated heterocycles. The molecule has 2 rings (SSSR count). The van der Waals surface area contributed by atoms with Gasteiger partial charge in [-0.2, -0.15) is 0 Å². The molecule has 22 heavy (non-hydrogen) atoms. The number of halogens is 1. The normalized spacial score (nSPS) is 9.86. The summed E-state index contributed by atoms with van der Waals surface area (Å²) >= 11 is 3.24. The number of hydrogen-bond donors (Lipinski definition) is 2. The summed E-state index contributed by atoms with van der Waals surface area (Å²) in [6.45, 7) is 0. The Morgan fingerprint density at radius 1 is 0.955 bits per heavy atom. The molecule has 0 aliphatic heterocycles. The van der Waals surface area contributed by atoms with Gasteiger partial charge >= 0.3 is 0 Å². The summed E-state index contributed by atoms with van der Waals surface area (Å²) in [6, 6.07) is 12.0. The lowest BCUT2D eigenvalue weighted by Gasteiger charge is -2.07. The van der Waals surface area contributed by atoms with Crippen molar-refractivity contribution in [2.45, 2.75) is 0 Å². The molecule has 2 N–H and O–H groups in total. The first kappa shape index (κ1) is 15.6. The molecule has 0 aliphatic rings. The van der Waals surface area contributed by atoms with Crippen LogP contribution in [0.1, 0.15) is 20.7 Å². The Hall–Kier alpha value is -2.74. The minimum absolute atomic E-state index is 0.136. The summed E-state index contributed by atoms with van der Waals surface area (Å²) in [4.78, 5) is 33.9. The first-order chi connectivity index (χ1) is 10.5. The second-order valence-electron chi connectivity index (χ2n) is 4.19. The number of carbonyl (C=O) groups excluding carboxylic acids is 2. The highest BCUT2D eigenvalue weighted by molar-refractivity contribution is 9.10. The van der Waals surface area contributed by atoms with Crippen molar-refractivity contribution in [3.8, 4) is 0 Å². The molecule has 0 aliphatic carbocycles. The fraction of sp³-hybridized carbons (Fsp3) is 0. The van der Waals surface area contributed by atoms with Crippen molar-refractivity contribution in [3.05, 3.63) is 74.2 Å². The Labute approximate surface area is 133 Å². The standard InChI is InChI=1S/C14H10BrN3O4/c15-10-7-5-9(6-8-10)13(19)16-17-14(20)11-3-1-2-4-12(11)18(21)22/h1-8H,(H,16,19)(H,17,20). The molecule has 112 valence electrons. The van der Waals surface area contributed by atoms with Gasteiger partial charge in [0.25, 0.3) is 17.5 Å². The predicted octanol–water partition coefficient (Wildman–Crippen LogP) is 2.43. The number of para-hydroxylation sites is 1. The van der Waals surface area contributed by atoms with Crippen LogP contribution in [0.5, 0.6) is 0 Å². The van der Waals surface area contributed by atoms with Gasteiger partial charge in [-0.15, -0.1) is 0 Å². The van der Waals surface area contributed by atoms with Crippen LogP contribution in [-0.4, -0.2) is 16.7 Å². The van der Waals surface area contributed by atoms with Crippen molar-refractivity contribution in [2.75, 3.05) is 0 Å². The first-order valence-corrected chi connectivity index (χ1v) is 6.88. The Morgan fingerprint density at radius 3 is 2.18 bits per heavy atom. The maximum Gasteiger partial charge on any atom is 0.282 e. The van der Waals surface area contributed by atoms with Crippen LogP contribution in [0.2, 0.25) is 0 Å². The maximum absolute atomic E-state index is 11.9. The third-order valence-electron chi connectivity index (χ3n) is 2.74. The number of carbonyl (C=O) groups is 2. The molecule has 0 spiro atoms. The van der Waals surface area contributed by atoms with E-state index in [1.165, 1.54) is 24.3 Å². The minimum atomic E-state index is -0.766. The van der Waals surface area contributed by atoms with Crippen LogP contribution < -0.4 is 10.9 Å². The number of nitrogens with one attached hydrogen (secondary N) is 2. The quantitative estimate of drug-likeness (QED) is 0.645. The van der Waals surface area contributed by atoms with Gasteiger partial charge in [0.2, 0.25) is 0 Å². The fourth-order valence-electron chi connectivity index (χ4n) is 1.68. The van der Waals surface area contributed by atoms with E-state index in [-0.39, 0.29) is 11.3 Å². The molecule has 0 saturated carbocycles. The summed E-state index contributed by atoms with van der Waals surface area (Å²) in [6.07, 6.45) is 0. The van der Waals surface area contributed by atoms with Gasteiger partial charge in [-0.1, -0.05) is 28.1 Å². The molecule has 0 bridgehead atoms. The lowest BCUT2D eigenvalue weighted by atomic mass is 10.2. The van der Waals surface area contributed by atoms with E-state index in [0.717, 1.165) is 4.47 Å².